The number of benzene rings is 2. The highest BCUT2D eigenvalue weighted by Gasteiger charge is 2.30. The van der Waals surface area contributed by atoms with E-state index in [1.807, 2.05) is 36.6 Å². The Labute approximate surface area is 177 Å². The van der Waals surface area contributed by atoms with E-state index in [-0.39, 0.29) is 30.6 Å². The van der Waals surface area contributed by atoms with Crippen LogP contribution in [0.4, 0.5) is 5.69 Å². The fraction of sp³-hybridized carbons (Fsp3) is 0.273. The Kier molecular flexibility index (Phi) is 5.50. The SMILES string of the molecule is CCOc1cccc2sc(=NC(=O)c3ccc(N4C(=O)CCC4=O)cc3)n(CC)c12. The van der Waals surface area contributed by atoms with Gasteiger partial charge in [0.15, 0.2) is 4.80 Å². The normalized spacial score (nSPS) is 14.7. The molecule has 1 aliphatic heterocycles. The van der Waals surface area contributed by atoms with E-state index in [1.165, 1.54) is 11.3 Å². The summed E-state index contributed by atoms with van der Waals surface area (Å²) in [6, 6.07) is 12.2. The zero-order valence-corrected chi connectivity index (χ0v) is 17.6. The van der Waals surface area contributed by atoms with E-state index >= 15 is 0 Å². The number of fused-ring (bicyclic) bond motifs is 1. The van der Waals surface area contributed by atoms with Crippen LogP contribution in [0.25, 0.3) is 10.2 Å². The number of carbonyl (C=O) groups is 3. The molecule has 2 aromatic carbocycles. The molecule has 0 aliphatic carbocycles. The summed E-state index contributed by atoms with van der Waals surface area (Å²) >= 11 is 1.43. The highest BCUT2D eigenvalue weighted by atomic mass is 32.1. The number of carbonyl (C=O) groups excluding carboxylic acids is 3. The number of ether oxygens (including phenoxy) is 1. The van der Waals surface area contributed by atoms with Crippen LogP contribution in [0.2, 0.25) is 0 Å². The maximum absolute atomic E-state index is 12.8. The fourth-order valence-electron chi connectivity index (χ4n) is 3.52. The van der Waals surface area contributed by atoms with Crippen LogP contribution in [0.3, 0.4) is 0 Å². The Morgan fingerprint density at radius 2 is 1.77 bits per heavy atom. The standard InChI is InChI=1S/C22H21N3O4S/c1-3-24-20-16(29-4-2)6-5-7-17(20)30-22(24)23-21(28)14-8-10-15(11-9-14)25-18(26)12-13-19(25)27/h5-11H,3-4,12-13H2,1-2H3. The molecule has 3 aromatic rings. The number of thiazole rings is 1. The van der Waals surface area contributed by atoms with Crippen molar-refractivity contribution in [3.05, 3.63) is 52.8 Å². The number of rotatable bonds is 5. The van der Waals surface area contributed by atoms with Crippen LogP contribution in [-0.4, -0.2) is 28.9 Å². The minimum atomic E-state index is -0.382. The first-order valence-electron chi connectivity index (χ1n) is 9.83. The van der Waals surface area contributed by atoms with Gasteiger partial charge in [0.1, 0.15) is 11.3 Å². The fourth-order valence-corrected chi connectivity index (χ4v) is 4.63. The Morgan fingerprint density at radius 3 is 2.40 bits per heavy atom. The van der Waals surface area contributed by atoms with Crippen molar-refractivity contribution >= 4 is 45.0 Å². The van der Waals surface area contributed by atoms with E-state index in [0.29, 0.717) is 29.2 Å². The number of aryl methyl sites for hydroxylation is 1. The van der Waals surface area contributed by atoms with Crippen LogP contribution in [0.15, 0.2) is 47.5 Å². The van der Waals surface area contributed by atoms with Gasteiger partial charge in [-0.15, -0.1) is 0 Å². The molecule has 1 aromatic heterocycles. The Morgan fingerprint density at radius 1 is 1.07 bits per heavy atom. The molecule has 7 nitrogen and oxygen atoms in total. The number of hydrogen-bond acceptors (Lipinski definition) is 5. The van der Waals surface area contributed by atoms with Crippen LogP contribution < -0.4 is 14.4 Å². The quantitative estimate of drug-likeness (QED) is 0.588. The zero-order valence-electron chi connectivity index (χ0n) is 16.8. The minimum Gasteiger partial charge on any atom is -0.492 e. The van der Waals surface area contributed by atoms with Crippen molar-refractivity contribution < 1.29 is 19.1 Å². The highest BCUT2D eigenvalue weighted by Crippen LogP contribution is 2.28. The predicted octanol–water partition coefficient (Wildman–Crippen LogP) is 3.52. The van der Waals surface area contributed by atoms with Gasteiger partial charge in [0, 0.05) is 24.9 Å². The zero-order chi connectivity index (χ0) is 21.3. The topological polar surface area (TPSA) is 81.0 Å². The second-order valence-electron chi connectivity index (χ2n) is 6.75. The van der Waals surface area contributed by atoms with Gasteiger partial charge in [0.2, 0.25) is 11.8 Å². The molecule has 3 amide bonds. The lowest BCUT2D eigenvalue weighted by molar-refractivity contribution is -0.121. The molecule has 2 heterocycles. The summed E-state index contributed by atoms with van der Waals surface area (Å²) in [7, 11) is 0. The number of hydrogen-bond donors (Lipinski definition) is 0. The summed E-state index contributed by atoms with van der Waals surface area (Å²) in [6.07, 6.45) is 0.447. The molecular weight excluding hydrogens is 402 g/mol. The Bertz CT molecular complexity index is 1190. The molecule has 4 rings (SSSR count). The second kappa shape index (κ2) is 8.23. The average Bonchev–Trinajstić information content (AvgIpc) is 3.27. The summed E-state index contributed by atoms with van der Waals surface area (Å²) in [5.74, 6) is -0.0510. The smallest absolute Gasteiger partial charge is 0.279 e. The average molecular weight is 423 g/mol. The molecule has 0 unspecified atom stereocenters. The minimum absolute atomic E-state index is 0.219. The molecule has 0 saturated carbocycles. The number of nitrogens with zero attached hydrogens (tertiary/aromatic N) is 3. The molecule has 30 heavy (non-hydrogen) atoms. The van der Waals surface area contributed by atoms with Gasteiger partial charge in [0.25, 0.3) is 5.91 Å². The van der Waals surface area contributed by atoms with Crippen molar-refractivity contribution in [1.82, 2.24) is 4.57 Å². The first-order valence-corrected chi connectivity index (χ1v) is 10.6. The Balaban J connectivity index is 1.69. The van der Waals surface area contributed by atoms with Gasteiger partial charge in [-0.05, 0) is 50.2 Å². The van der Waals surface area contributed by atoms with Crippen LogP contribution in [0, 0.1) is 0 Å². The van der Waals surface area contributed by atoms with E-state index in [9.17, 15) is 14.4 Å². The first-order chi connectivity index (χ1) is 14.5. The number of amides is 3. The summed E-state index contributed by atoms with van der Waals surface area (Å²) in [5, 5.41) is 0. The van der Waals surface area contributed by atoms with Gasteiger partial charge in [-0.1, -0.05) is 17.4 Å². The number of imide groups is 1. The van der Waals surface area contributed by atoms with Crippen molar-refractivity contribution in [2.45, 2.75) is 33.2 Å². The van der Waals surface area contributed by atoms with Crippen molar-refractivity contribution in [2.75, 3.05) is 11.5 Å². The molecular formula is C22H21N3O4S. The highest BCUT2D eigenvalue weighted by molar-refractivity contribution is 7.16. The van der Waals surface area contributed by atoms with E-state index in [4.69, 9.17) is 4.74 Å². The molecule has 1 saturated heterocycles. The van der Waals surface area contributed by atoms with Crippen LogP contribution in [0.1, 0.15) is 37.0 Å². The van der Waals surface area contributed by atoms with Gasteiger partial charge in [-0.3, -0.25) is 19.3 Å². The summed E-state index contributed by atoms with van der Waals surface area (Å²) in [6.45, 7) is 5.13. The van der Waals surface area contributed by atoms with Gasteiger partial charge >= 0.3 is 0 Å². The molecule has 154 valence electrons. The van der Waals surface area contributed by atoms with Gasteiger partial charge in [-0.25, -0.2) is 0 Å². The summed E-state index contributed by atoms with van der Waals surface area (Å²) < 4.78 is 8.71. The number of para-hydroxylation sites is 1. The maximum Gasteiger partial charge on any atom is 0.279 e. The largest absolute Gasteiger partial charge is 0.492 e. The van der Waals surface area contributed by atoms with E-state index < -0.39 is 0 Å². The van der Waals surface area contributed by atoms with Crippen molar-refractivity contribution in [3.8, 4) is 5.75 Å². The van der Waals surface area contributed by atoms with Gasteiger partial charge < -0.3 is 9.30 Å². The lowest BCUT2D eigenvalue weighted by Gasteiger charge is -2.13. The van der Waals surface area contributed by atoms with Crippen LogP contribution >= 0.6 is 11.3 Å². The van der Waals surface area contributed by atoms with Gasteiger partial charge in [-0.2, -0.15) is 4.99 Å². The number of aromatic nitrogens is 1. The number of anilines is 1. The molecule has 1 aliphatic rings. The third-order valence-corrected chi connectivity index (χ3v) is 5.94. The predicted molar refractivity (Wildman–Crippen MR) is 115 cm³/mol. The Hall–Kier alpha value is -3.26. The van der Waals surface area contributed by atoms with E-state index in [0.717, 1.165) is 20.9 Å². The van der Waals surface area contributed by atoms with Crippen molar-refractivity contribution in [1.29, 1.82) is 0 Å². The van der Waals surface area contributed by atoms with E-state index in [2.05, 4.69) is 4.99 Å². The van der Waals surface area contributed by atoms with Crippen LogP contribution in [0.5, 0.6) is 5.75 Å². The first kappa shape index (κ1) is 20.0. The molecule has 0 bridgehead atoms. The summed E-state index contributed by atoms with van der Waals surface area (Å²) in [4.78, 5) is 42.6. The molecule has 8 heteroatoms. The van der Waals surface area contributed by atoms with Crippen molar-refractivity contribution in [3.63, 3.8) is 0 Å². The van der Waals surface area contributed by atoms with Crippen molar-refractivity contribution in [2.24, 2.45) is 4.99 Å². The summed E-state index contributed by atoms with van der Waals surface area (Å²) in [5.41, 5.74) is 1.80. The third kappa shape index (κ3) is 3.54. The molecule has 0 N–H and O–H groups in total. The van der Waals surface area contributed by atoms with Gasteiger partial charge in [0.05, 0.1) is 17.0 Å². The molecule has 1 fully saturated rings. The molecule has 0 radical (unpaired) electrons. The lowest BCUT2D eigenvalue weighted by Crippen LogP contribution is -2.28. The van der Waals surface area contributed by atoms with Crippen LogP contribution in [-0.2, 0) is 16.1 Å². The molecule has 0 atom stereocenters. The monoisotopic (exact) mass is 423 g/mol. The lowest BCUT2D eigenvalue weighted by atomic mass is 10.2. The van der Waals surface area contributed by atoms with E-state index in [1.54, 1.807) is 24.3 Å². The molecule has 0 spiro atoms. The third-order valence-electron chi connectivity index (χ3n) is 4.90. The maximum atomic E-state index is 12.8. The second-order valence-corrected chi connectivity index (χ2v) is 7.76.